The molecule has 0 spiro atoms. The number of ether oxygens (including phenoxy) is 2. The number of halogens is 2. The van der Waals surface area contributed by atoms with E-state index in [2.05, 4.69) is 10.1 Å². The Bertz CT molecular complexity index is 760. The molecule has 0 bridgehead atoms. The summed E-state index contributed by atoms with van der Waals surface area (Å²) in [6.45, 7) is -1.76. The summed E-state index contributed by atoms with van der Waals surface area (Å²) in [6, 6.07) is 3.78. The molecule has 0 aromatic heterocycles. The third-order valence-electron chi connectivity index (χ3n) is 5.55. The monoisotopic (exact) mass is 426 g/mol. The van der Waals surface area contributed by atoms with E-state index in [0.717, 1.165) is 19.4 Å². The lowest BCUT2D eigenvalue weighted by Crippen LogP contribution is -2.48. The molecule has 30 heavy (non-hydrogen) atoms. The smallest absolute Gasteiger partial charge is 0.387 e. The van der Waals surface area contributed by atoms with Gasteiger partial charge in [-0.1, -0.05) is 6.42 Å². The molecule has 1 saturated carbocycles. The quantitative estimate of drug-likeness (QED) is 0.623. The molecule has 2 amide bonds. The highest BCUT2D eigenvalue weighted by Gasteiger charge is 2.28. The fourth-order valence-electron chi connectivity index (χ4n) is 3.70. The topological polar surface area (TPSA) is 97.1 Å². The van der Waals surface area contributed by atoms with Crippen LogP contribution in [0.2, 0.25) is 0 Å². The van der Waals surface area contributed by atoms with Crippen LogP contribution in [0.4, 0.5) is 20.2 Å². The molecule has 2 aliphatic rings. The van der Waals surface area contributed by atoms with Gasteiger partial charge in [-0.2, -0.15) is 8.78 Å². The Morgan fingerprint density at radius 2 is 2.20 bits per heavy atom. The van der Waals surface area contributed by atoms with Crippen molar-refractivity contribution in [2.45, 2.75) is 31.9 Å². The van der Waals surface area contributed by atoms with E-state index in [4.69, 9.17) is 10.5 Å². The van der Waals surface area contributed by atoms with Gasteiger partial charge >= 0.3 is 6.61 Å². The molecule has 2 fully saturated rings. The molecular formula is C20H28F2N4O4. The number of benzene rings is 1. The molecule has 1 atom stereocenters. The first-order valence-electron chi connectivity index (χ1n) is 10.1. The van der Waals surface area contributed by atoms with E-state index < -0.39 is 12.7 Å². The van der Waals surface area contributed by atoms with E-state index in [1.165, 1.54) is 23.5 Å². The van der Waals surface area contributed by atoms with E-state index in [1.54, 1.807) is 6.07 Å². The highest BCUT2D eigenvalue weighted by Crippen LogP contribution is 2.34. The van der Waals surface area contributed by atoms with E-state index in [1.807, 2.05) is 11.9 Å². The van der Waals surface area contributed by atoms with Crippen molar-refractivity contribution in [3.63, 3.8) is 0 Å². The lowest BCUT2D eigenvalue weighted by Gasteiger charge is -2.33. The first kappa shape index (κ1) is 22.4. The maximum absolute atomic E-state index is 12.9. The van der Waals surface area contributed by atoms with Gasteiger partial charge in [0.1, 0.15) is 12.6 Å². The normalized spacial score (nSPS) is 18.5. The first-order valence-corrected chi connectivity index (χ1v) is 10.1. The number of anilines is 2. The minimum absolute atomic E-state index is 0.127. The van der Waals surface area contributed by atoms with Crippen LogP contribution in [0.5, 0.6) is 5.75 Å². The summed E-state index contributed by atoms with van der Waals surface area (Å²) in [5, 5.41) is 2.72. The van der Waals surface area contributed by atoms with Gasteiger partial charge < -0.3 is 25.4 Å². The Kier molecular flexibility index (Phi) is 7.57. The Balaban J connectivity index is 1.74. The summed E-state index contributed by atoms with van der Waals surface area (Å²) in [4.78, 5) is 28.1. The van der Waals surface area contributed by atoms with E-state index in [9.17, 15) is 18.4 Å². The molecule has 1 saturated heterocycles. The van der Waals surface area contributed by atoms with E-state index in [-0.39, 0.29) is 48.6 Å². The Labute approximate surface area is 174 Å². The summed E-state index contributed by atoms with van der Waals surface area (Å²) in [5.41, 5.74) is 6.31. The third-order valence-corrected chi connectivity index (χ3v) is 5.55. The van der Waals surface area contributed by atoms with Crippen LogP contribution in [0.25, 0.3) is 0 Å². The number of alkyl halides is 2. The van der Waals surface area contributed by atoms with Gasteiger partial charge in [0, 0.05) is 31.4 Å². The van der Waals surface area contributed by atoms with Gasteiger partial charge in [0.15, 0.2) is 5.75 Å². The van der Waals surface area contributed by atoms with Crippen LogP contribution in [0.1, 0.15) is 19.3 Å². The molecule has 1 aliphatic carbocycles. The van der Waals surface area contributed by atoms with Gasteiger partial charge in [-0.25, -0.2) is 0 Å². The van der Waals surface area contributed by atoms with Crippen LogP contribution in [0.15, 0.2) is 18.2 Å². The zero-order valence-corrected chi connectivity index (χ0v) is 17.0. The molecule has 0 unspecified atom stereocenters. The van der Waals surface area contributed by atoms with Gasteiger partial charge in [-0.3, -0.25) is 14.5 Å². The van der Waals surface area contributed by atoms with Crippen molar-refractivity contribution in [1.82, 2.24) is 4.90 Å². The molecule has 1 heterocycles. The summed E-state index contributed by atoms with van der Waals surface area (Å²) < 4.78 is 35.6. The summed E-state index contributed by atoms with van der Waals surface area (Å²) >= 11 is 0. The van der Waals surface area contributed by atoms with Crippen molar-refractivity contribution in [2.24, 2.45) is 11.7 Å². The number of carbonyl (C=O) groups is 2. The van der Waals surface area contributed by atoms with Crippen molar-refractivity contribution in [2.75, 3.05) is 50.1 Å². The van der Waals surface area contributed by atoms with Gasteiger partial charge in [-0.05, 0) is 37.9 Å². The molecule has 3 rings (SSSR count). The second-order valence-corrected chi connectivity index (χ2v) is 7.64. The number of nitrogens with one attached hydrogen (secondary N) is 1. The van der Waals surface area contributed by atoms with Gasteiger partial charge in [0.05, 0.1) is 12.3 Å². The van der Waals surface area contributed by atoms with Crippen LogP contribution in [0, 0.1) is 5.92 Å². The van der Waals surface area contributed by atoms with Gasteiger partial charge in [0.2, 0.25) is 5.91 Å². The fourth-order valence-corrected chi connectivity index (χ4v) is 3.70. The number of hydrogen-bond donors (Lipinski definition) is 2. The number of morpholine rings is 1. The molecule has 0 radical (unpaired) electrons. The van der Waals surface area contributed by atoms with Gasteiger partial charge in [-0.15, -0.1) is 0 Å². The SMILES string of the molecule is CN(CC1CCC1)[C@H](CN)C(=O)Nc1ccc(N2CCOCC2=O)c(OC(F)F)c1. The second-order valence-electron chi connectivity index (χ2n) is 7.64. The van der Waals surface area contributed by atoms with Crippen LogP contribution >= 0.6 is 0 Å². The Morgan fingerprint density at radius 1 is 1.43 bits per heavy atom. The molecule has 1 aromatic rings. The van der Waals surface area contributed by atoms with Crippen molar-refractivity contribution >= 4 is 23.2 Å². The Morgan fingerprint density at radius 3 is 2.80 bits per heavy atom. The first-order chi connectivity index (χ1) is 14.4. The predicted molar refractivity (Wildman–Crippen MR) is 108 cm³/mol. The number of rotatable bonds is 9. The fraction of sp³-hybridized carbons (Fsp3) is 0.600. The minimum Gasteiger partial charge on any atom is -0.433 e. The maximum Gasteiger partial charge on any atom is 0.387 e. The standard InChI is InChI=1S/C20H28F2N4O4/c1-25(11-13-3-2-4-13)16(10-23)19(28)24-14-5-6-15(17(9-14)30-20(21)22)26-7-8-29-12-18(26)27/h5-6,9,13,16,20H,2-4,7-8,10-12,23H2,1H3,(H,24,28)/t16-/m1/s1. The highest BCUT2D eigenvalue weighted by molar-refractivity contribution is 5.98. The molecular weight excluding hydrogens is 398 g/mol. The van der Waals surface area contributed by atoms with E-state index >= 15 is 0 Å². The molecule has 1 aliphatic heterocycles. The number of amides is 2. The number of nitrogens with two attached hydrogens (primary N) is 1. The lowest BCUT2D eigenvalue weighted by molar-refractivity contribution is -0.126. The molecule has 10 heteroatoms. The zero-order chi connectivity index (χ0) is 21.7. The summed E-state index contributed by atoms with van der Waals surface area (Å²) in [7, 11) is 1.86. The zero-order valence-electron chi connectivity index (χ0n) is 17.0. The van der Waals surface area contributed by atoms with Crippen LogP contribution in [-0.2, 0) is 14.3 Å². The predicted octanol–water partition coefficient (Wildman–Crippen LogP) is 1.65. The molecule has 166 valence electrons. The molecule has 8 nitrogen and oxygen atoms in total. The van der Waals surface area contributed by atoms with Crippen molar-refractivity contribution in [1.29, 1.82) is 0 Å². The lowest BCUT2D eigenvalue weighted by atomic mass is 9.85. The number of likely N-dealkylation sites (N-methyl/N-ethyl adjacent to an activating group) is 1. The van der Waals surface area contributed by atoms with Crippen molar-refractivity contribution < 1.29 is 27.8 Å². The Hall–Kier alpha value is -2.30. The van der Waals surface area contributed by atoms with Crippen LogP contribution in [-0.4, -0.2) is 69.3 Å². The average molecular weight is 426 g/mol. The average Bonchev–Trinajstić information content (AvgIpc) is 2.66. The molecule has 1 aromatic carbocycles. The maximum atomic E-state index is 12.9. The number of carbonyl (C=O) groups excluding carboxylic acids is 2. The number of hydrogen-bond acceptors (Lipinski definition) is 6. The third kappa shape index (κ3) is 5.44. The van der Waals surface area contributed by atoms with Gasteiger partial charge in [0.25, 0.3) is 5.91 Å². The summed E-state index contributed by atoms with van der Waals surface area (Å²) in [6.07, 6.45) is 3.52. The van der Waals surface area contributed by atoms with Crippen LogP contribution in [0.3, 0.4) is 0 Å². The molecule has 3 N–H and O–H groups in total. The minimum atomic E-state index is -3.07. The second kappa shape index (κ2) is 10.1. The highest BCUT2D eigenvalue weighted by atomic mass is 19.3. The largest absolute Gasteiger partial charge is 0.433 e. The number of nitrogens with zero attached hydrogens (tertiary/aromatic N) is 2. The van der Waals surface area contributed by atoms with Crippen molar-refractivity contribution in [3.8, 4) is 5.75 Å². The van der Waals surface area contributed by atoms with Crippen LogP contribution < -0.4 is 20.7 Å². The van der Waals surface area contributed by atoms with E-state index in [0.29, 0.717) is 12.5 Å². The van der Waals surface area contributed by atoms with Crippen molar-refractivity contribution in [3.05, 3.63) is 18.2 Å². The summed E-state index contributed by atoms with van der Waals surface area (Å²) in [5.74, 6) is -0.283.